The van der Waals surface area contributed by atoms with Gasteiger partial charge in [0.05, 0.1) is 28.3 Å². The van der Waals surface area contributed by atoms with Crippen LogP contribution in [0.4, 0.5) is 10.1 Å². The Bertz CT molecular complexity index is 1550. The molecule has 0 saturated carbocycles. The van der Waals surface area contributed by atoms with Crippen LogP contribution in [0.2, 0.25) is 5.02 Å². The molecule has 0 bridgehead atoms. The molecule has 1 aliphatic heterocycles. The van der Waals surface area contributed by atoms with E-state index in [2.05, 4.69) is 6.07 Å². The topological polar surface area (TPSA) is 79.3 Å². The van der Waals surface area contributed by atoms with Crippen molar-refractivity contribution in [3.05, 3.63) is 116 Å². The average Bonchev–Trinajstić information content (AvgIpc) is 2.89. The summed E-state index contributed by atoms with van der Waals surface area (Å²) in [6.45, 7) is 4.21. The third-order valence-corrected chi connectivity index (χ3v) is 7.52. The highest BCUT2D eigenvalue weighted by atomic mass is 35.5. The Labute approximate surface area is 226 Å². The number of hydrogen-bond acceptors (Lipinski definition) is 5. The van der Waals surface area contributed by atoms with Gasteiger partial charge in [0, 0.05) is 17.7 Å². The molecular weight excluding hydrogens is 501 g/mol. The standard InChI is InChI=1S/C31H27ClFN3O2/c1-18-13-20(17-38-28-12-4-3-9-25(28)32)19(2)23(14-18)29-24(16-34)31(35)36(22-8-5-7-21(33)15-22)26-10-6-11-27(37)30(26)29/h3-5,7-9,12-15,29H,6,10-11,17,35H2,1-2H3. The zero-order chi connectivity index (χ0) is 27.0. The van der Waals surface area contributed by atoms with Crippen molar-refractivity contribution in [3.8, 4) is 11.8 Å². The van der Waals surface area contributed by atoms with E-state index in [9.17, 15) is 14.4 Å². The quantitative estimate of drug-likeness (QED) is 0.387. The van der Waals surface area contributed by atoms with E-state index in [1.807, 2.05) is 44.2 Å². The molecule has 1 heterocycles. The number of allylic oxidation sites excluding steroid dienone is 3. The van der Waals surface area contributed by atoms with Crippen molar-refractivity contribution < 1.29 is 13.9 Å². The summed E-state index contributed by atoms with van der Waals surface area (Å²) in [7, 11) is 0. The van der Waals surface area contributed by atoms with Crippen LogP contribution in [0.5, 0.6) is 5.75 Å². The number of para-hydroxylation sites is 1. The number of benzene rings is 3. The first-order valence-corrected chi connectivity index (χ1v) is 12.9. The summed E-state index contributed by atoms with van der Waals surface area (Å²) in [5.41, 5.74) is 12.3. The predicted molar refractivity (Wildman–Crippen MR) is 146 cm³/mol. The lowest BCUT2D eigenvalue weighted by atomic mass is 9.73. The molecule has 1 atom stereocenters. The Kier molecular flexibility index (Phi) is 6.96. The summed E-state index contributed by atoms with van der Waals surface area (Å²) in [6, 6.07) is 19.7. The van der Waals surface area contributed by atoms with Crippen molar-refractivity contribution in [2.75, 3.05) is 4.90 Å². The number of aryl methyl sites for hydroxylation is 1. The van der Waals surface area contributed by atoms with E-state index in [-0.39, 0.29) is 23.8 Å². The normalized spacial score (nSPS) is 17.4. The highest BCUT2D eigenvalue weighted by Gasteiger charge is 2.41. The number of ether oxygens (including phenoxy) is 1. The molecule has 0 radical (unpaired) electrons. The molecule has 1 aliphatic carbocycles. The van der Waals surface area contributed by atoms with Crippen LogP contribution < -0.4 is 15.4 Å². The Morgan fingerprint density at radius 2 is 1.92 bits per heavy atom. The first-order chi connectivity index (χ1) is 18.3. The van der Waals surface area contributed by atoms with Crippen molar-refractivity contribution in [3.63, 3.8) is 0 Å². The molecule has 5 rings (SSSR count). The largest absolute Gasteiger partial charge is 0.487 e. The molecule has 3 aromatic rings. The summed E-state index contributed by atoms with van der Waals surface area (Å²) >= 11 is 6.28. The summed E-state index contributed by atoms with van der Waals surface area (Å²) < 4.78 is 20.2. The molecule has 0 aromatic heterocycles. The van der Waals surface area contributed by atoms with Crippen LogP contribution in [-0.2, 0) is 11.4 Å². The lowest BCUT2D eigenvalue weighted by Crippen LogP contribution is -2.39. The number of nitrogens with zero attached hydrogens (tertiary/aromatic N) is 2. The van der Waals surface area contributed by atoms with Crippen molar-refractivity contribution in [1.29, 1.82) is 5.26 Å². The molecular formula is C31H27ClFN3O2. The van der Waals surface area contributed by atoms with Crippen LogP contribution in [0.3, 0.4) is 0 Å². The third-order valence-electron chi connectivity index (χ3n) is 7.21. The number of carbonyl (C=O) groups excluding carboxylic acids is 1. The van der Waals surface area contributed by atoms with Crippen LogP contribution in [0.15, 0.2) is 83.3 Å². The van der Waals surface area contributed by atoms with Crippen LogP contribution in [0, 0.1) is 31.0 Å². The number of Topliss-reactive ketones (excluding diaryl/α,β-unsaturated/α-hetero) is 1. The highest BCUT2D eigenvalue weighted by Crippen LogP contribution is 2.47. The second-order valence-electron chi connectivity index (χ2n) is 9.65. The maximum Gasteiger partial charge on any atom is 0.161 e. The summed E-state index contributed by atoms with van der Waals surface area (Å²) in [5, 5.41) is 10.9. The zero-order valence-corrected chi connectivity index (χ0v) is 22.0. The van der Waals surface area contributed by atoms with Gasteiger partial charge in [0.25, 0.3) is 0 Å². The Morgan fingerprint density at radius 3 is 2.66 bits per heavy atom. The minimum Gasteiger partial charge on any atom is -0.487 e. The van der Waals surface area contributed by atoms with Crippen LogP contribution >= 0.6 is 11.6 Å². The fourth-order valence-electron chi connectivity index (χ4n) is 5.44. The van der Waals surface area contributed by atoms with Gasteiger partial charge in [-0.15, -0.1) is 0 Å². The Hall–Kier alpha value is -4.08. The molecule has 5 nitrogen and oxygen atoms in total. The van der Waals surface area contributed by atoms with E-state index in [4.69, 9.17) is 22.1 Å². The van der Waals surface area contributed by atoms with Crippen LogP contribution in [0.1, 0.15) is 47.4 Å². The number of rotatable bonds is 5. The average molecular weight is 528 g/mol. The summed E-state index contributed by atoms with van der Waals surface area (Å²) in [5.74, 6) is -0.266. The number of anilines is 1. The zero-order valence-electron chi connectivity index (χ0n) is 21.2. The van der Waals surface area contributed by atoms with Crippen molar-refractivity contribution in [1.82, 2.24) is 0 Å². The van der Waals surface area contributed by atoms with E-state index in [0.29, 0.717) is 41.3 Å². The van der Waals surface area contributed by atoms with Crippen molar-refractivity contribution in [2.45, 2.75) is 45.6 Å². The molecule has 192 valence electrons. The number of carbonyl (C=O) groups is 1. The lowest BCUT2D eigenvalue weighted by Gasteiger charge is -2.40. The SMILES string of the molecule is Cc1cc(COc2ccccc2Cl)c(C)c(C2C(C#N)=C(N)N(c3cccc(F)c3)C3=C2C(=O)CCC3)c1. The second-order valence-corrected chi connectivity index (χ2v) is 10.1. The first kappa shape index (κ1) is 25.6. The number of nitrogens with two attached hydrogens (primary N) is 1. The van der Waals surface area contributed by atoms with E-state index >= 15 is 0 Å². The van der Waals surface area contributed by atoms with E-state index in [1.165, 1.54) is 12.1 Å². The fraction of sp³-hybridized carbons (Fsp3) is 0.226. The Balaban J connectivity index is 1.65. The van der Waals surface area contributed by atoms with E-state index < -0.39 is 11.7 Å². The van der Waals surface area contributed by atoms with Gasteiger partial charge in [0.2, 0.25) is 0 Å². The van der Waals surface area contributed by atoms with Crippen molar-refractivity contribution >= 4 is 23.1 Å². The van der Waals surface area contributed by atoms with Gasteiger partial charge in [-0.3, -0.25) is 9.69 Å². The minimum absolute atomic E-state index is 0.0207. The van der Waals surface area contributed by atoms with Gasteiger partial charge < -0.3 is 10.5 Å². The smallest absolute Gasteiger partial charge is 0.161 e. The molecule has 38 heavy (non-hydrogen) atoms. The number of ketones is 1. The first-order valence-electron chi connectivity index (χ1n) is 12.5. The molecule has 0 spiro atoms. The predicted octanol–water partition coefficient (Wildman–Crippen LogP) is 6.98. The Morgan fingerprint density at radius 1 is 1.13 bits per heavy atom. The maximum absolute atomic E-state index is 14.2. The van der Waals surface area contributed by atoms with Gasteiger partial charge in [-0.05, 0) is 73.7 Å². The van der Waals surface area contributed by atoms with E-state index in [1.54, 1.807) is 23.1 Å². The minimum atomic E-state index is -0.619. The second kappa shape index (κ2) is 10.4. The van der Waals surface area contributed by atoms with Gasteiger partial charge in [-0.2, -0.15) is 5.26 Å². The lowest BCUT2D eigenvalue weighted by molar-refractivity contribution is -0.116. The van der Waals surface area contributed by atoms with Gasteiger partial charge in [0.1, 0.15) is 24.0 Å². The van der Waals surface area contributed by atoms with Gasteiger partial charge in [-0.25, -0.2) is 4.39 Å². The molecule has 7 heteroatoms. The molecule has 1 unspecified atom stereocenters. The van der Waals surface area contributed by atoms with Gasteiger partial charge >= 0.3 is 0 Å². The third kappa shape index (κ3) is 4.55. The number of halogens is 2. The van der Waals surface area contributed by atoms with Gasteiger partial charge in [0.15, 0.2) is 5.78 Å². The maximum atomic E-state index is 14.2. The highest BCUT2D eigenvalue weighted by molar-refractivity contribution is 6.32. The summed E-state index contributed by atoms with van der Waals surface area (Å²) in [4.78, 5) is 15.2. The monoisotopic (exact) mass is 527 g/mol. The number of nitriles is 1. The molecule has 0 amide bonds. The van der Waals surface area contributed by atoms with E-state index in [0.717, 1.165) is 28.0 Å². The molecule has 2 aliphatic rings. The van der Waals surface area contributed by atoms with Crippen LogP contribution in [-0.4, -0.2) is 5.78 Å². The fourth-order valence-corrected chi connectivity index (χ4v) is 5.63. The molecule has 2 N–H and O–H groups in total. The van der Waals surface area contributed by atoms with Crippen LogP contribution in [0.25, 0.3) is 0 Å². The molecule has 0 saturated heterocycles. The van der Waals surface area contributed by atoms with Gasteiger partial charge in [-0.1, -0.05) is 47.5 Å². The molecule has 3 aromatic carbocycles. The number of hydrogen-bond donors (Lipinski definition) is 1. The van der Waals surface area contributed by atoms with Crippen molar-refractivity contribution in [2.24, 2.45) is 5.73 Å². The summed E-state index contributed by atoms with van der Waals surface area (Å²) in [6.07, 6.45) is 1.65. The molecule has 0 fully saturated rings.